The Labute approximate surface area is 232 Å². The first-order chi connectivity index (χ1) is 18.4. The molecule has 1 aliphatic carbocycles. The third-order valence-electron chi connectivity index (χ3n) is 6.76. The van der Waals surface area contributed by atoms with Gasteiger partial charge in [0.05, 0.1) is 0 Å². The highest BCUT2D eigenvalue weighted by atomic mass is 16.6. The minimum absolute atomic E-state index is 0.108. The number of aromatic hydroxyl groups is 1. The lowest BCUT2D eigenvalue weighted by Gasteiger charge is -2.35. The van der Waals surface area contributed by atoms with Gasteiger partial charge in [-0.2, -0.15) is 0 Å². The second kappa shape index (κ2) is 13.0. The molecule has 3 rings (SSSR count). The highest BCUT2D eigenvalue weighted by molar-refractivity contribution is 5.92. The first kappa shape index (κ1) is 30.0. The molecule has 0 aliphatic heterocycles. The summed E-state index contributed by atoms with van der Waals surface area (Å²) < 4.78 is 5.48. The van der Waals surface area contributed by atoms with Crippen molar-refractivity contribution in [3.8, 4) is 5.75 Å². The van der Waals surface area contributed by atoms with E-state index in [9.17, 15) is 19.5 Å². The summed E-state index contributed by atoms with van der Waals surface area (Å²) in [6.45, 7) is 11.9. The molecular formula is C31H43N3O5. The molecule has 0 radical (unpaired) electrons. The molecule has 0 spiro atoms. The molecule has 2 unspecified atom stereocenters. The minimum atomic E-state index is -0.970. The molecule has 1 aliphatic rings. The van der Waals surface area contributed by atoms with Crippen LogP contribution in [-0.4, -0.2) is 52.1 Å². The summed E-state index contributed by atoms with van der Waals surface area (Å²) >= 11 is 0. The molecule has 1 saturated carbocycles. The van der Waals surface area contributed by atoms with Gasteiger partial charge in [-0.1, -0.05) is 43.7 Å². The van der Waals surface area contributed by atoms with Crippen LogP contribution in [0.5, 0.6) is 5.75 Å². The van der Waals surface area contributed by atoms with Gasteiger partial charge >= 0.3 is 6.09 Å². The average Bonchev–Trinajstić information content (AvgIpc) is 3.69. The van der Waals surface area contributed by atoms with Crippen LogP contribution in [0.2, 0.25) is 0 Å². The molecule has 212 valence electrons. The van der Waals surface area contributed by atoms with E-state index in [0.29, 0.717) is 6.54 Å². The fourth-order valence-corrected chi connectivity index (χ4v) is 4.43. The van der Waals surface area contributed by atoms with E-state index in [4.69, 9.17) is 4.74 Å². The van der Waals surface area contributed by atoms with Crippen LogP contribution in [0.15, 0.2) is 42.5 Å². The Balaban J connectivity index is 2.00. The number of carbonyl (C=O) groups is 3. The van der Waals surface area contributed by atoms with Crippen molar-refractivity contribution in [3.63, 3.8) is 0 Å². The molecule has 0 aromatic heterocycles. The van der Waals surface area contributed by atoms with Crippen LogP contribution in [0.3, 0.4) is 0 Å². The standard InChI is InChI=1S/C31H43N3O5/c1-7-8-17-32-28(36)27(23-12-9-20(2)21(3)18-23)34(24-13-14-24)29(37)26(33-30(38)39-31(4,5)6)19-22-10-15-25(35)16-11-22/h9-12,15-16,18,24,26-27,35H,7-8,13-14,17,19H2,1-6H3,(H,32,36)(H,33,38). The summed E-state index contributed by atoms with van der Waals surface area (Å²) in [6, 6.07) is 10.5. The maximum absolute atomic E-state index is 14.3. The smallest absolute Gasteiger partial charge is 0.408 e. The Morgan fingerprint density at radius 2 is 1.72 bits per heavy atom. The van der Waals surface area contributed by atoms with Crippen LogP contribution in [0.25, 0.3) is 0 Å². The number of phenols is 1. The number of hydrogen-bond donors (Lipinski definition) is 3. The molecule has 2 atom stereocenters. The number of alkyl carbamates (subject to hydrolysis) is 1. The summed E-state index contributed by atoms with van der Waals surface area (Å²) in [5, 5.41) is 15.5. The number of aryl methyl sites for hydroxylation is 2. The number of nitrogens with zero attached hydrogens (tertiary/aromatic N) is 1. The first-order valence-corrected chi connectivity index (χ1v) is 13.8. The Morgan fingerprint density at radius 3 is 2.28 bits per heavy atom. The number of ether oxygens (including phenoxy) is 1. The van der Waals surface area contributed by atoms with Gasteiger partial charge < -0.3 is 25.4 Å². The number of unbranched alkanes of at least 4 members (excludes halogenated alkanes) is 1. The van der Waals surface area contributed by atoms with E-state index in [-0.39, 0.29) is 30.0 Å². The van der Waals surface area contributed by atoms with E-state index in [2.05, 4.69) is 17.6 Å². The average molecular weight is 538 g/mol. The number of hydrogen-bond acceptors (Lipinski definition) is 5. The SMILES string of the molecule is CCCCNC(=O)C(c1ccc(C)c(C)c1)N(C(=O)C(Cc1ccc(O)cc1)NC(=O)OC(C)(C)C)C1CC1. The van der Waals surface area contributed by atoms with E-state index in [1.807, 2.05) is 32.0 Å². The third-order valence-corrected chi connectivity index (χ3v) is 6.76. The molecule has 0 heterocycles. The largest absolute Gasteiger partial charge is 0.508 e. The fraction of sp³-hybridized carbons (Fsp3) is 0.516. The predicted molar refractivity (Wildman–Crippen MR) is 151 cm³/mol. The summed E-state index contributed by atoms with van der Waals surface area (Å²) in [5.74, 6) is -0.460. The van der Waals surface area contributed by atoms with Crippen molar-refractivity contribution < 1.29 is 24.2 Å². The van der Waals surface area contributed by atoms with Gasteiger partial charge in [-0.3, -0.25) is 9.59 Å². The lowest BCUT2D eigenvalue weighted by molar-refractivity contribution is -0.143. The monoisotopic (exact) mass is 537 g/mol. The molecule has 8 nitrogen and oxygen atoms in total. The maximum Gasteiger partial charge on any atom is 0.408 e. The molecule has 2 aromatic rings. The molecule has 3 N–H and O–H groups in total. The second-order valence-electron chi connectivity index (χ2n) is 11.4. The predicted octanol–water partition coefficient (Wildman–Crippen LogP) is 5.09. The summed E-state index contributed by atoms with van der Waals surface area (Å²) in [7, 11) is 0. The Morgan fingerprint density at radius 1 is 1.05 bits per heavy atom. The van der Waals surface area contributed by atoms with Gasteiger partial charge in [0.2, 0.25) is 11.8 Å². The first-order valence-electron chi connectivity index (χ1n) is 13.8. The van der Waals surface area contributed by atoms with Crippen LogP contribution < -0.4 is 10.6 Å². The van der Waals surface area contributed by atoms with Crippen molar-refractivity contribution in [3.05, 3.63) is 64.7 Å². The second-order valence-corrected chi connectivity index (χ2v) is 11.4. The topological polar surface area (TPSA) is 108 Å². The van der Waals surface area contributed by atoms with Crippen LogP contribution in [0.1, 0.15) is 81.7 Å². The molecule has 2 aromatic carbocycles. The van der Waals surface area contributed by atoms with E-state index >= 15 is 0 Å². The normalized spacial score (nSPS) is 14.7. The number of benzene rings is 2. The van der Waals surface area contributed by atoms with Gasteiger partial charge in [0.25, 0.3) is 0 Å². The Bertz CT molecular complexity index is 1150. The zero-order valence-corrected chi connectivity index (χ0v) is 24.0. The van der Waals surface area contributed by atoms with Gasteiger partial charge in [-0.15, -0.1) is 0 Å². The third kappa shape index (κ3) is 8.73. The summed E-state index contributed by atoms with van der Waals surface area (Å²) in [5.41, 5.74) is 2.90. The Hall–Kier alpha value is -3.55. The van der Waals surface area contributed by atoms with Gasteiger partial charge in [0.15, 0.2) is 0 Å². The highest BCUT2D eigenvalue weighted by Crippen LogP contribution is 2.36. The summed E-state index contributed by atoms with van der Waals surface area (Å²) in [4.78, 5) is 42.5. The van der Waals surface area contributed by atoms with Crippen molar-refractivity contribution in [1.29, 1.82) is 0 Å². The molecule has 8 heteroatoms. The van der Waals surface area contributed by atoms with E-state index in [0.717, 1.165) is 47.9 Å². The van der Waals surface area contributed by atoms with Crippen molar-refractivity contribution in [2.45, 2.75) is 97.4 Å². The maximum atomic E-state index is 14.3. The zero-order chi connectivity index (χ0) is 28.7. The summed E-state index contributed by atoms with van der Waals surface area (Å²) in [6.07, 6.45) is 2.83. The number of carbonyl (C=O) groups excluding carboxylic acids is 3. The quantitative estimate of drug-likeness (QED) is 0.346. The number of nitrogens with one attached hydrogen (secondary N) is 2. The number of rotatable bonds is 11. The van der Waals surface area contributed by atoms with Crippen molar-refractivity contribution >= 4 is 17.9 Å². The van der Waals surface area contributed by atoms with Crippen molar-refractivity contribution in [2.24, 2.45) is 0 Å². The molecular weight excluding hydrogens is 494 g/mol. The van der Waals surface area contributed by atoms with Crippen molar-refractivity contribution in [1.82, 2.24) is 15.5 Å². The number of amides is 3. The highest BCUT2D eigenvalue weighted by Gasteiger charge is 2.44. The van der Waals surface area contributed by atoms with Crippen LogP contribution in [0.4, 0.5) is 4.79 Å². The lowest BCUT2D eigenvalue weighted by atomic mass is 9.97. The molecule has 0 bridgehead atoms. The van der Waals surface area contributed by atoms with Gasteiger partial charge in [-0.05, 0) is 88.3 Å². The lowest BCUT2D eigenvalue weighted by Crippen LogP contribution is -2.54. The van der Waals surface area contributed by atoms with Gasteiger partial charge in [0, 0.05) is 19.0 Å². The van der Waals surface area contributed by atoms with E-state index < -0.39 is 23.8 Å². The minimum Gasteiger partial charge on any atom is -0.508 e. The molecule has 1 fully saturated rings. The van der Waals surface area contributed by atoms with Crippen LogP contribution in [-0.2, 0) is 20.7 Å². The van der Waals surface area contributed by atoms with Gasteiger partial charge in [-0.25, -0.2) is 4.79 Å². The van der Waals surface area contributed by atoms with Crippen LogP contribution >= 0.6 is 0 Å². The molecule has 0 saturated heterocycles. The van der Waals surface area contributed by atoms with Gasteiger partial charge in [0.1, 0.15) is 23.4 Å². The van der Waals surface area contributed by atoms with Crippen molar-refractivity contribution in [2.75, 3.05) is 6.54 Å². The van der Waals surface area contributed by atoms with E-state index in [1.54, 1.807) is 49.9 Å². The number of phenolic OH excluding ortho intramolecular Hbond substituents is 1. The fourth-order valence-electron chi connectivity index (χ4n) is 4.43. The van der Waals surface area contributed by atoms with E-state index in [1.165, 1.54) is 0 Å². The zero-order valence-electron chi connectivity index (χ0n) is 24.0. The van der Waals surface area contributed by atoms with Crippen LogP contribution in [0, 0.1) is 13.8 Å². The molecule has 39 heavy (non-hydrogen) atoms. The molecule has 3 amide bonds. The Kier molecular flexibility index (Phi) is 10.0.